The summed E-state index contributed by atoms with van der Waals surface area (Å²) in [5.41, 5.74) is 7.46. The van der Waals surface area contributed by atoms with Crippen LogP contribution >= 0.6 is 11.3 Å². The molecule has 0 saturated carbocycles. The molecule has 3 rings (SSSR count). The Bertz CT molecular complexity index is 945. The number of benzene rings is 2. The van der Waals surface area contributed by atoms with Gasteiger partial charge in [-0.2, -0.15) is 16.4 Å². The molecule has 0 spiro atoms. The first-order valence-electron chi connectivity index (χ1n) is 9.21. The standard InChI is InChI=1S/C23H24N2O2S/c1-16(2)21-9-4-17(3)12-22(21)27-14-18-5-7-20(8-6-18)23(26)25-24-13-19-10-11-28-15-19/h4-13,15-16H,14H2,1-3H3,(H,25,26)/b24-13+. The van der Waals surface area contributed by atoms with Gasteiger partial charge < -0.3 is 4.74 Å². The highest BCUT2D eigenvalue weighted by Crippen LogP contribution is 2.28. The zero-order valence-corrected chi connectivity index (χ0v) is 17.1. The third kappa shape index (κ3) is 5.30. The van der Waals surface area contributed by atoms with Crippen molar-refractivity contribution in [3.05, 3.63) is 87.1 Å². The van der Waals surface area contributed by atoms with Crippen LogP contribution in [0.3, 0.4) is 0 Å². The van der Waals surface area contributed by atoms with Crippen LogP contribution in [0.1, 0.15) is 52.4 Å². The Morgan fingerprint density at radius 2 is 1.96 bits per heavy atom. The topological polar surface area (TPSA) is 50.7 Å². The third-order valence-corrected chi connectivity index (χ3v) is 5.03. The number of thiophene rings is 1. The molecule has 1 N–H and O–H groups in total. The predicted molar refractivity (Wildman–Crippen MR) is 115 cm³/mol. The second-order valence-electron chi connectivity index (χ2n) is 6.94. The van der Waals surface area contributed by atoms with Crippen molar-refractivity contribution < 1.29 is 9.53 Å². The van der Waals surface area contributed by atoms with E-state index in [1.165, 1.54) is 11.1 Å². The van der Waals surface area contributed by atoms with Gasteiger partial charge in [0, 0.05) is 11.1 Å². The Hall–Kier alpha value is -2.92. The molecule has 0 bridgehead atoms. The van der Waals surface area contributed by atoms with Gasteiger partial charge in [-0.05, 0) is 64.6 Å². The third-order valence-electron chi connectivity index (χ3n) is 4.32. The molecule has 0 fully saturated rings. The summed E-state index contributed by atoms with van der Waals surface area (Å²) >= 11 is 1.59. The van der Waals surface area contributed by atoms with E-state index in [4.69, 9.17) is 4.74 Å². The van der Waals surface area contributed by atoms with E-state index >= 15 is 0 Å². The molecular weight excluding hydrogens is 368 g/mol. The smallest absolute Gasteiger partial charge is 0.271 e. The number of carbonyl (C=O) groups excluding carboxylic acids is 1. The van der Waals surface area contributed by atoms with Crippen LogP contribution in [0, 0.1) is 6.92 Å². The van der Waals surface area contributed by atoms with Gasteiger partial charge in [0.1, 0.15) is 12.4 Å². The molecule has 144 valence electrons. The molecule has 3 aromatic rings. The molecule has 0 unspecified atom stereocenters. The minimum atomic E-state index is -0.236. The molecule has 0 radical (unpaired) electrons. The van der Waals surface area contributed by atoms with Gasteiger partial charge >= 0.3 is 0 Å². The van der Waals surface area contributed by atoms with Crippen LogP contribution in [0.15, 0.2) is 64.4 Å². The van der Waals surface area contributed by atoms with E-state index < -0.39 is 0 Å². The SMILES string of the molecule is Cc1ccc(C(C)C)c(OCc2ccc(C(=O)N/N=C/c3ccsc3)cc2)c1. The maximum absolute atomic E-state index is 12.2. The molecule has 28 heavy (non-hydrogen) atoms. The number of nitrogens with one attached hydrogen (secondary N) is 1. The Morgan fingerprint density at radius 3 is 2.64 bits per heavy atom. The minimum Gasteiger partial charge on any atom is -0.489 e. The van der Waals surface area contributed by atoms with Crippen molar-refractivity contribution in [1.29, 1.82) is 0 Å². The molecule has 2 aromatic carbocycles. The lowest BCUT2D eigenvalue weighted by Crippen LogP contribution is -2.17. The second-order valence-corrected chi connectivity index (χ2v) is 7.72. The van der Waals surface area contributed by atoms with Crippen molar-refractivity contribution in [2.24, 2.45) is 5.10 Å². The summed E-state index contributed by atoms with van der Waals surface area (Å²) in [5.74, 6) is 1.08. The summed E-state index contributed by atoms with van der Waals surface area (Å²) in [7, 11) is 0. The summed E-state index contributed by atoms with van der Waals surface area (Å²) < 4.78 is 6.05. The second kappa shape index (κ2) is 9.33. The number of aryl methyl sites for hydroxylation is 1. The largest absolute Gasteiger partial charge is 0.489 e. The number of nitrogens with zero attached hydrogens (tertiary/aromatic N) is 1. The number of carbonyl (C=O) groups is 1. The lowest BCUT2D eigenvalue weighted by atomic mass is 10.0. The van der Waals surface area contributed by atoms with Gasteiger partial charge in [-0.3, -0.25) is 4.79 Å². The van der Waals surface area contributed by atoms with Gasteiger partial charge in [0.05, 0.1) is 6.21 Å². The van der Waals surface area contributed by atoms with Crippen molar-refractivity contribution in [1.82, 2.24) is 5.43 Å². The van der Waals surface area contributed by atoms with Gasteiger partial charge in [-0.1, -0.05) is 38.1 Å². The highest BCUT2D eigenvalue weighted by molar-refractivity contribution is 7.08. The molecule has 0 aliphatic rings. The number of ether oxygens (including phenoxy) is 1. The Balaban J connectivity index is 1.59. The van der Waals surface area contributed by atoms with E-state index in [0.29, 0.717) is 18.1 Å². The lowest BCUT2D eigenvalue weighted by Gasteiger charge is -2.15. The van der Waals surface area contributed by atoms with Crippen molar-refractivity contribution in [3.8, 4) is 5.75 Å². The van der Waals surface area contributed by atoms with Crippen molar-refractivity contribution in [3.63, 3.8) is 0 Å². The summed E-state index contributed by atoms with van der Waals surface area (Å²) in [6.07, 6.45) is 1.63. The Morgan fingerprint density at radius 1 is 1.18 bits per heavy atom. The van der Waals surface area contributed by atoms with Gasteiger partial charge in [-0.25, -0.2) is 5.43 Å². The van der Waals surface area contributed by atoms with E-state index in [-0.39, 0.29) is 5.91 Å². The average molecular weight is 393 g/mol. The molecule has 0 saturated heterocycles. The molecule has 0 aliphatic heterocycles. The lowest BCUT2D eigenvalue weighted by molar-refractivity contribution is 0.0955. The van der Waals surface area contributed by atoms with Crippen LogP contribution in [-0.2, 0) is 6.61 Å². The van der Waals surface area contributed by atoms with Gasteiger partial charge in [0.25, 0.3) is 5.91 Å². The summed E-state index contributed by atoms with van der Waals surface area (Å²) in [5, 5.41) is 7.91. The van der Waals surface area contributed by atoms with E-state index in [9.17, 15) is 4.79 Å². The molecule has 4 nitrogen and oxygen atoms in total. The average Bonchev–Trinajstić information content (AvgIpc) is 3.20. The number of hydrogen-bond acceptors (Lipinski definition) is 4. The van der Waals surface area contributed by atoms with Crippen LogP contribution in [0.2, 0.25) is 0 Å². The zero-order valence-electron chi connectivity index (χ0n) is 16.3. The molecule has 5 heteroatoms. The first kappa shape index (κ1) is 19.8. The number of hydrogen-bond donors (Lipinski definition) is 1. The van der Waals surface area contributed by atoms with Crippen molar-refractivity contribution in [2.45, 2.75) is 33.3 Å². The molecule has 1 amide bonds. The van der Waals surface area contributed by atoms with Crippen LogP contribution in [-0.4, -0.2) is 12.1 Å². The first-order chi connectivity index (χ1) is 13.5. The van der Waals surface area contributed by atoms with Crippen molar-refractivity contribution in [2.75, 3.05) is 0 Å². The van der Waals surface area contributed by atoms with Crippen molar-refractivity contribution >= 4 is 23.5 Å². The predicted octanol–water partition coefficient (Wildman–Crippen LogP) is 5.52. The Kier molecular flexibility index (Phi) is 6.61. The number of amides is 1. The monoisotopic (exact) mass is 392 g/mol. The summed E-state index contributed by atoms with van der Waals surface area (Å²) in [6.45, 7) is 6.84. The Labute approximate surface area is 169 Å². The number of rotatable bonds is 7. The molecule has 1 heterocycles. The fourth-order valence-corrected chi connectivity index (χ4v) is 3.35. The van der Waals surface area contributed by atoms with E-state index in [1.54, 1.807) is 29.7 Å². The van der Waals surface area contributed by atoms with E-state index in [1.807, 2.05) is 29.0 Å². The minimum absolute atomic E-state index is 0.236. The zero-order chi connectivity index (χ0) is 19.9. The first-order valence-corrected chi connectivity index (χ1v) is 10.1. The molecule has 0 aliphatic carbocycles. The quantitative estimate of drug-likeness (QED) is 0.425. The van der Waals surface area contributed by atoms with E-state index in [0.717, 1.165) is 16.9 Å². The summed E-state index contributed by atoms with van der Waals surface area (Å²) in [4.78, 5) is 12.2. The number of hydrazone groups is 1. The normalized spacial score (nSPS) is 11.1. The van der Waals surface area contributed by atoms with Crippen LogP contribution in [0.4, 0.5) is 0 Å². The van der Waals surface area contributed by atoms with Gasteiger partial charge in [-0.15, -0.1) is 0 Å². The highest BCUT2D eigenvalue weighted by atomic mass is 32.1. The fraction of sp³-hybridized carbons (Fsp3) is 0.217. The molecule has 0 atom stereocenters. The maximum Gasteiger partial charge on any atom is 0.271 e. The molecule has 1 aromatic heterocycles. The van der Waals surface area contributed by atoms with Gasteiger partial charge in [0.15, 0.2) is 0 Å². The van der Waals surface area contributed by atoms with E-state index in [2.05, 4.69) is 49.5 Å². The molecular formula is C23H24N2O2S. The maximum atomic E-state index is 12.2. The fourth-order valence-electron chi connectivity index (χ4n) is 2.74. The van der Waals surface area contributed by atoms with Crippen LogP contribution < -0.4 is 10.2 Å². The summed E-state index contributed by atoms with van der Waals surface area (Å²) in [6, 6.07) is 15.6. The highest BCUT2D eigenvalue weighted by Gasteiger charge is 2.09. The van der Waals surface area contributed by atoms with Crippen LogP contribution in [0.5, 0.6) is 5.75 Å². The van der Waals surface area contributed by atoms with Gasteiger partial charge in [0.2, 0.25) is 0 Å². The van der Waals surface area contributed by atoms with Crippen LogP contribution in [0.25, 0.3) is 0 Å².